The summed E-state index contributed by atoms with van der Waals surface area (Å²) >= 11 is 0. The van der Waals surface area contributed by atoms with Crippen LogP contribution in [0.15, 0.2) is 48.8 Å². The summed E-state index contributed by atoms with van der Waals surface area (Å²) in [5.41, 5.74) is 0.955. The minimum absolute atomic E-state index is 0.154. The maximum absolute atomic E-state index is 13.1. The molecule has 0 saturated heterocycles. The molecule has 2 atom stereocenters. The zero-order valence-corrected chi connectivity index (χ0v) is 11.9. The largest absolute Gasteiger partial charge is 0.481 e. The summed E-state index contributed by atoms with van der Waals surface area (Å²) in [7, 11) is 0. The SMILES string of the molecule is C[C@H](Oc1cccc(F)c1)C(=O)N[C@H](C)c1ccncc1. The Morgan fingerprint density at radius 3 is 2.62 bits per heavy atom. The zero-order valence-electron chi connectivity index (χ0n) is 11.9. The van der Waals surface area contributed by atoms with Gasteiger partial charge in [0.05, 0.1) is 6.04 Å². The molecule has 4 nitrogen and oxygen atoms in total. The second-order valence-electron chi connectivity index (χ2n) is 4.73. The number of pyridine rings is 1. The number of carbonyl (C=O) groups excluding carboxylic acids is 1. The highest BCUT2D eigenvalue weighted by atomic mass is 19.1. The fraction of sp³-hybridized carbons (Fsp3) is 0.250. The fourth-order valence-corrected chi connectivity index (χ4v) is 1.86. The molecular formula is C16H17FN2O2. The van der Waals surface area contributed by atoms with Gasteiger partial charge >= 0.3 is 0 Å². The van der Waals surface area contributed by atoms with Gasteiger partial charge in [0, 0.05) is 18.5 Å². The lowest BCUT2D eigenvalue weighted by Gasteiger charge is -2.19. The Labute approximate surface area is 123 Å². The molecule has 1 N–H and O–H groups in total. The summed E-state index contributed by atoms with van der Waals surface area (Å²) in [4.78, 5) is 16.0. The van der Waals surface area contributed by atoms with Gasteiger partial charge in [-0.05, 0) is 43.7 Å². The quantitative estimate of drug-likeness (QED) is 0.920. The van der Waals surface area contributed by atoms with E-state index in [1.165, 1.54) is 18.2 Å². The summed E-state index contributed by atoms with van der Waals surface area (Å²) in [6, 6.07) is 9.23. The van der Waals surface area contributed by atoms with E-state index in [-0.39, 0.29) is 11.9 Å². The summed E-state index contributed by atoms with van der Waals surface area (Å²) in [6.07, 6.45) is 2.63. The van der Waals surface area contributed by atoms with Crippen LogP contribution >= 0.6 is 0 Å². The van der Waals surface area contributed by atoms with Crippen LogP contribution in [0.25, 0.3) is 0 Å². The Kier molecular flexibility index (Phi) is 4.87. The normalized spacial score (nSPS) is 13.3. The molecule has 5 heteroatoms. The minimum Gasteiger partial charge on any atom is -0.481 e. The van der Waals surface area contributed by atoms with Crippen LogP contribution in [0.4, 0.5) is 4.39 Å². The number of ether oxygens (including phenoxy) is 1. The van der Waals surface area contributed by atoms with Gasteiger partial charge in [-0.3, -0.25) is 9.78 Å². The van der Waals surface area contributed by atoms with Crippen molar-refractivity contribution < 1.29 is 13.9 Å². The Balaban J connectivity index is 1.94. The first-order chi connectivity index (χ1) is 10.1. The van der Waals surface area contributed by atoms with E-state index in [1.54, 1.807) is 25.4 Å². The van der Waals surface area contributed by atoms with Crippen LogP contribution in [0, 0.1) is 5.82 Å². The van der Waals surface area contributed by atoms with Crippen molar-refractivity contribution in [2.75, 3.05) is 0 Å². The lowest BCUT2D eigenvalue weighted by molar-refractivity contribution is -0.127. The van der Waals surface area contributed by atoms with E-state index in [0.717, 1.165) is 5.56 Å². The van der Waals surface area contributed by atoms with Crippen molar-refractivity contribution in [2.45, 2.75) is 26.0 Å². The molecule has 0 aliphatic heterocycles. The van der Waals surface area contributed by atoms with Gasteiger partial charge in [0.15, 0.2) is 6.10 Å². The molecule has 1 aromatic carbocycles. The lowest BCUT2D eigenvalue weighted by atomic mass is 10.1. The second kappa shape index (κ2) is 6.83. The highest BCUT2D eigenvalue weighted by Gasteiger charge is 2.17. The Hall–Kier alpha value is -2.43. The first kappa shape index (κ1) is 15.0. The van der Waals surface area contributed by atoms with Crippen LogP contribution in [-0.2, 0) is 4.79 Å². The Morgan fingerprint density at radius 1 is 1.24 bits per heavy atom. The molecule has 1 aromatic heterocycles. The Morgan fingerprint density at radius 2 is 1.95 bits per heavy atom. The van der Waals surface area contributed by atoms with Gasteiger partial charge < -0.3 is 10.1 Å². The number of rotatable bonds is 5. The number of nitrogens with one attached hydrogen (secondary N) is 1. The minimum atomic E-state index is -0.712. The number of benzene rings is 1. The summed E-state index contributed by atoms with van der Waals surface area (Å²) < 4.78 is 18.5. The molecule has 0 radical (unpaired) electrons. The third kappa shape index (κ3) is 4.27. The topological polar surface area (TPSA) is 51.2 Å². The molecule has 2 aromatic rings. The van der Waals surface area contributed by atoms with Crippen LogP contribution in [0.5, 0.6) is 5.75 Å². The third-order valence-electron chi connectivity index (χ3n) is 3.04. The van der Waals surface area contributed by atoms with Gasteiger partial charge in [0.2, 0.25) is 0 Å². The monoisotopic (exact) mass is 288 g/mol. The summed E-state index contributed by atoms with van der Waals surface area (Å²) in [6.45, 7) is 3.50. The van der Waals surface area contributed by atoms with E-state index in [0.29, 0.717) is 5.75 Å². The van der Waals surface area contributed by atoms with Gasteiger partial charge in [-0.15, -0.1) is 0 Å². The number of amides is 1. The molecule has 0 spiro atoms. The fourth-order valence-electron chi connectivity index (χ4n) is 1.86. The van der Waals surface area contributed by atoms with Gasteiger partial charge in [0.1, 0.15) is 11.6 Å². The zero-order chi connectivity index (χ0) is 15.2. The smallest absolute Gasteiger partial charge is 0.261 e. The van der Waals surface area contributed by atoms with Crippen molar-refractivity contribution in [1.82, 2.24) is 10.3 Å². The highest BCUT2D eigenvalue weighted by molar-refractivity contribution is 5.81. The van der Waals surface area contributed by atoms with Crippen molar-refractivity contribution in [2.24, 2.45) is 0 Å². The average molecular weight is 288 g/mol. The van der Waals surface area contributed by atoms with Gasteiger partial charge in [-0.1, -0.05) is 6.07 Å². The van der Waals surface area contributed by atoms with E-state index in [9.17, 15) is 9.18 Å². The molecule has 110 valence electrons. The molecule has 0 fully saturated rings. The Bertz CT molecular complexity index is 604. The van der Waals surface area contributed by atoms with Crippen molar-refractivity contribution in [3.8, 4) is 5.75 Å². The highest BCUT2D eigenvalue weighted by Crippen LogP contribution is 2.15. The first-order valence-corrected chi connectivity index (χ1v) is 6.69. The molecule has 0 unspecified atom stereocenters. The molecule has 0 aliphatic carbocycles. The maximum Gasteiger partial charge on any atom is 0.261 e. The summed E-state index contributed by atoms with van der Waals surface area (Å²) in [5, 5.41) is 2.85. The van der Waals surface area contributed by atoms with Crippen LogP contribution in [0.2, 0.25) is 0 Å². The maximum atomic E-state index is 13.1. The van der Waals surface area contributed by atoms with Crippen molar-refractivity contribution in [3.63, 3.8) is 0 Å². The molecule has 0 saturated carbocycles. The number of hydrogen-bond acceptors (Lipinski definition) is 3. The van der Waals surface area contributed by atoms with Gasteiger partial charge in [0.25, 0.3) is 5.91 Å². The first-order valence-electron chi connectivity index (χ1n) is 6.69. The van der Waals surface area contributed by atoms with E-state index >= 15 is 0 Å². The predicted octanol–water partition coefficient (Wildman–Crippen LogP) is 2.87. The predicted molar refractivity (Wildman–Crippen MR) is 77.3 cm³/mol. The van der Waals surface area contributed by atoms with Crippen LogP contribution in [0.1, 0.15) is 25.5 Å². The van der Waals surface area contributed by atoms with E-state index in [1.807, 2.05) is 19.1 Å². The van der Waals surface area contributed by atoms with Gasteiger partial charge in [-0.2, -0.15) is 0 Å². The number of aromatic nitrogens is 1. The molecule has 0 aliphatic rings. The van der Waals surface area contributed by atoms with Crippen molar-refractivity contribution >= 4 is 5.91 Å². The van der Waals surface area contributed by atoms with Crippen LogP contribution in [-0.4, -0.2) is 17.0 Å². The number of halogens is 1. The molecule has 0 bridgehead atoms. The van der Waals surface area contributed by atoms with Crippen molar-refractivity contribution in [1.29, 1.82) is 0 Å². The standard InChI is InChI=1S/C16H17FN2O2/c1-11(13-6-8-18-9-7-13)19-16(20)12(2)21-15-5-3-4-14(17)10-15/h3-12H,1-2H3,(H,19,20)/t11-,12+/m1/s1. The van der Waals surface area contributed by atoms with E-state index in [4.69, 9.17) is 4.74 Å². The molecular weight excluding hydrogens is 271 g/mol. The number of carbonyl (C=O) groups is 1. The molecule has 1 amide bonds. The second-order valence-corrected chi connectivity index (χ2v) is 4.73. The number of nitrogens with zero attached hydrogens (tertiary/aromatic N) is 1. The average Bonchev–Trinajstić information content (AvgIpc) is 2.48. The third-order valence-corrected chi connectivity index (χ3v) is 3.04. The van der Waals surface area contributed by atoms with E-state index < -0.39 is 11.9 Å². The van der Waals surface area contributed by atoms with Crippen molar-refractivity contribution in [3.05, 3.63) is 60.2 Å². The summed E-state index contributed by atoms with van der Waals surface area (Å²) in [5.74, 6) is -0.331. The molecule has 21 heavy (non-hydrogen) atoms. The van der Waals surface area contributed by atoms with Crippen LogP contribution < -0.4 is 10.1 Å². The lowest BCUT2D eigenvalue weighted by Crippen LogP contribution is -2.37. The molecule has 1 heterocycles. The van der Waals surface area contributed by atoms with Gasteiger partial charge in [-0.25, -0.2) is 4.39 Å². The van der Waals surface area contributed by atoms with Crippen LogP contribution in [0.3, 0.4) is 0 Å². The number of hydrogen-bond donors (Lipinski definition) is 1. The van der Waals surface area contributed by atoms with E-state index in [2.05, 4.69) is 10.3 Å². The molecule has 2 rings (SSSR count).